The molecule has 6 heteroatoms. The molecule has 0 spiro atoms. The zero-order valence-electron chi connectivity index (χ0n) is 15.8. The summed E-state index contributed by atoms with van der Waals surface area (Å²) < 4.78 is 6.89. The monoisotopic (exact) mass is 377 g/mol. The lowest BCUT2D eigenvalue weighted by Crippen LogP contribution is -2.34. The van der Waals surface area contributed by atoms with Crippen molar-refractivity contribution in [1.29, 1.82) is 0 Å². The van der Waals surface area contributed by atoms with E-state index in [1.807, 2.05) is 67.6 Å². The minimum Gasteiger partial charge on any atom is -0.492 e. The highest BCUT2D eigenvalue weighted by atomic mass is 16.5. The highest BCUT2D eigenvalue weighted by Gasteiger charge is 2.17. The summed E-state index contributed by atoms with van der Waals surface area (Å²) in [5.74, 6) is 0.520. The summed E-state index contributed by atoms with van der Waals surface area (Å²) in [7, 11) is 0. The topological polar surface area (TPSA) is 64.4 Å². The molecule has 0 atom stereocenters. The summed E-state index contributed by atoms with van der Waals surface area (Å²) in [6.07, 6.45) is 0. The van der Waals surface area contributed by atoms with E-state index in [9.17, 15) is 9.59 Å². The predicted molar refractivity (Wildman–Crippen MR) is 107 cm³/mol. The first kappa shape index (κ1) is 19.4. The first-order valence-corrected chi connectivity index (χ1v) is 9.26. The molecule has 3 aromatic rings. The van der Waals surface area contributed by atoms with Crippen LogP contribution in [0.3, 0.4) is 0 Å². The van der Waals surface area contributed by atoms with Crippen molar-refractivity contribution in [3.05, 3.63) is 94.4 Å². The van der Waals surface area contributed by atoms with E-state index in [4.69, 9.17) is 4.74 Å². The molecule has 0 unspecified atom stereocenters. The Hall–Kier alpha value is -3.41. The second-order valence-corrected chi connectivity index (χ2v) is 6.25. The van der Waals surface area contributed by atoms with Gasteiger partial charge in [0.2, 0.25) is 0 Å². The Bertz CT molecular complexity index is 956. The normalized spacial score (nSPS) is 10.5. The fourth-order valence-electron chi connectivity index (χ4n) is 2.78. The van der Waals surface area contributed by atoms with Gasteiger partial charge in [0.15, 0.2) is 0 Å². The number of amides is 1. The van der Waals surface area contributed by atoms with Crippen molar-refractivity contribution >= 4 is 5.91 Å². The third-order valence-electron chi connectivity index (χ3n) is 4.29. The van der Waals surface area contributed by atoms with Crippen LogP contribution in [0.1, 0.15) is 23.0 Å². The Labute approximate surface area is 164 Å². The van der Waals surface area contributed by atoms with Crippen LogP contribution in [0.5, 0.6) is 5.75 Å². The van der Waals surface area contributed by atoms with Gasteiger partial charge in [-0.2, -0.15) is 5.10 Å². The number of rotatable bonds is 8. The van der Waals surface area contributed by atoms with Gasteiger partial charge < -0.3 is 9.64 Å². The van der Waals surface area contributed by atoms with E-state index < -0.39 is 0 Å². The summed E-state index contributed by atoms with van der Waals surface area (Å²) in [6, 6.07) is 22.0. The summed E-state index contributed by atoms with van der Waals surface area (Å²) in [5, 5.41) is 4.25. The van der Waals surface area contributed by atoms with Gasteiger partial charge in [-0.25, -0.2) is 4.68 Å². The second-order valence-electron chi connectivity index (χ2n) is 6.25. The van der Waals surface area contributed by atoms with Crippen molar-refractivity contribution in [2.24, 2.45) is 0 Å². The molecule has 3 rings (SSSR count). The minimum absolute atomic E-state index is 0.205. The summed E-state index contributed by atoms with van der Waals surface area (Å²) >= 11 is 0. The zero-order chi connectivity index (χ0) is 19.8. The molecule has 1 heterocycles. The standard InChI is InChI=1S/C22H23N3O3/c1-2-24(17-18-9-5-3-6-10-18)22(27)20-13-14-21(26)25(23-20)15-16-28-19-11-7-4-8-12-19/h3-14H,2,15-17H2,1H3. The highest BCUT2D eigenvalue weighted by Crippen LogP contribution is 2.09. The van der Waals surface area contributed by atoms with E-state index in [1.165, 1.54) is 16.8 Å². The molecule has 0 aliphatic rings. The van der Waals surface area contributed by atoms with Crippen LogP contribution in [-0.4, -0.2) is 33.7 Å². The Morgan fingerprint density at radius 1 is 1.00 bits per heavy atom. The summed E-state index contributed by atoms with van der Waals surface area (Å²) in [5.41, 5.74) is 1.03. The first-order valence-electron chi connectivity index (χ1n) is 9.26. The molecule has 0 saturated heterocycles. The molecule has 1 amide bonds. The zero-order valence-corrected chi connectivity index (χ0v) is 15.8. The Kier molecular flexibility index (Phi) is 6.57. The van der Waals surface area contributed by atoms with E-state index >= 15 is 0 Å². The van der Waals surface area contributed by atoms with Gasteiger partial charge in [0, 0.05) is 19.2 Å². The van der Waals surface area contributed by atoms with Crippen molar-refractivity contribution in [2.45, 2.75) is 20.0 Å². The number of nitrogens with zero attached hydrogens (tertiary/aromatic N) is 3. The number of benzene rings is 2. The van der Waals surface area contributed by atoms with Crippen LogP contribution in [-0.2, 0) is 13.1 Å². The molecule has 0 saturated carbocycles. The number of hydrogen-bond acceptors (Lipinski definition) is 4. The van der Waals surface area contributed by atoms with Gasteiger partial charge in [0.25, 0.3) is 11.5 Å². The lowest BCUT2D eigenvalue weighted by molar-refractivity contribution is 0.0743. The lowest BCUT2D eigenvalue weighted by Gasteiger charge is -2.20. The van der Waals surface area contributed by atoms with E-state index in [0.29, 0.717) is 13.1 Å². The predicted octanol–water partition coefficient (Wildman–Crippen LogP) is 2.98. The molecule has 0 N–H and O–H groups in total. The molecule has 0 aliphatic carbocycles. The molecular formula is C22H23N3O3. The maximum absolute atomic E-state index is 12.9. The van der Waals surface area contributed by atoms with Gasteiger partial charge in [-0.1, -0.05) is 48.5 Å². The molecular weight excluding hydrogens is 354 g/mol. The van der Waals surface area contributed by atoms with Crippen LogP contribution < -0.4 is 10.3 Å². The smallest absolute Gasteiger partial charge is 0.274 e. The van der Waals surface area contributed by atoms with Gasteiger partial charge in [0.1, 0.15) is 18.1 Å². The Balaban J connectivity index is 1.68. The fourth-order valence-corrected chi connectivity index (χ4v) is 2.78. The molecule has 0 radical (unpaired) electrons. The van der Waals surface area contributed by atoms with Gasteiger partial charge in [-0.3, -0.25) is 9.59 Å². The highest BCUT2D eigenvalue weighted by molar-refractivity contribution is 5.92. The molecule has 0 fully saturated rings. The molecule has 6 nitrogen and oxygen atoms in total. The molecule has 2 aromatic carbocycles. The van der Waals surface area contributed by atoms with E-state index in [0.717, 1.165) is 11.3 Å². The fraction of sp³-hybridized carbons (Fsp3) is 0.227. The number of para-hydroxylation sites is 1. The maximum Gasteiger partial charge on any atom is 0.274 e. The number of carbonyl (C=O) groups is 1. The molecule has 0 aliphatic heterocycles. The number of ether oxygens (including phenoxy) is 1. The average molecular weight is 377 g/mol. The Morgan fingerprint density at radius 3 is 2.36 bits per heavy atom. The van der Waals surface area contributed by atoms with Crippen molar-refractivity contribution in [1.82, 2.24) is 14.7 Å². The number of aromatic nitrogens is 2. The maximum atomic E-state index is 12.9. The SMILES string of the molecule is CCN(Cc1ccccc1)C(=O)c1ccc(=O)n(CCOc2ccccc2)n1. The van der Waals surface area contributed by atoms with Gasteiger partial charge in [-0.05, 0) is 30.7 Å². The number of hydrogen-bond donors (Lipinski definition) is 0. The van der Waals surface area contributed by atoms with Gasteiger partial charge in [0.05, 0.1) is 6.54 Å². The molecule has 144 valence electrons. The second kappa shape index (κ2) is 9.50. The van der Waals surface area contributed by atoms with E-state index in [2.05, 4.69) is 5.10 Å². The van der Waals surface area contributed by atoms with Crippen LogP contribution in [0.15, 0.2) is 77.6 Å². The largest absolute Gasteiger partial charge is 0.492 e. The van der Waals surface area contributed by atoms with Crippen LogP contribution in [0.2, 0.25) is 0 Å². The van der Waals surface area contributed by atoms with Crippen molar-refractivity contribution < 1.29 is 9.53 Å². The van der Waals surface area contributed by atoms with Crippen molar-refractivity contribution in [3.8, 4) is 5.75 Å². The number of carbonyl (C=O) groups excluding carboxylic acids is 1. The quantitative estimate of drug-likeness (QED) is 0.605. The lowest BCUT2D eigenvalue weighted by atomic mass is 10.2. The third kappa shape index (κ3) is 5.07. The molecule has 0 bridgehead atoms. The minimum atomic E-state index is -0.265. The van der Waals surface area contributed by atoms with Gasteiger partial charge in [-0.15, -0.1) is 0 Å². The van der Waals surface area contributed by atoms with Gasteiger partial charge >= 0.3 is 0 Å². The third-order valence-corrected chi connectivity index (χ3v) is 4.29. The molecule has 1 aromatic heterocycles. The summed E-state index contributed by atoms with van der Waals surface area (Å²) in [6.45, 7) is 3.51. The summed E-state index contributed by atoms with van der Waals surface area (Å²) in [4.78, 5) is 26.6. The van der Waals surface area contributed by atoms with Crippen molar-refractivity contribution in [2.75, 3.05) is 13.2 Å². The van der Waals surface area contributed by atoms with E-state index in [1.54, 1.807) is 4.90 Å². The molecule has 28 heavy (non-hydrogen) atoms. The van der Waals surface area contributed by atoms with Crippen molar-refractivity contribution in [3.63, 3.8) is 0 Å². The Morgan fingerprint density at radius 2 is 1.68 bits per heavy atom. The first-order chi connectivity index (χ1) is 13.7. The van der Waals surface area contributed by atoms with Crippen LogP contribution in [0.25, 0.3) is 0 Å². The van der Waals surface area contributed by atoms with Crippen LogP contribution >= 0.6 is 0 Å². The van der Waals surface area contributed by atoms with E-state index in [-0.39, 0.29) is 30.3 Å². The van der Waals surface area contributed by atoms with Crippen LogP contribution in [0.4, 0.5) is 0 Å². The average Bonchev–Trinajstić information content (AvgIpc) is 2.74. The van der Waals surface area contributed by atoms with Crippen LogP contribution in [0, 0.1) is 0 Å².